The lowest BCUT2D eigenvalue weighted by molar-refractivity contribution is 0.628. The van der Waals surface area contributed by atoms with E-state index in [9.17, 15) is 4.39 Å². The zero-order chi connectivity index (χ0) is 11.7. The smallest absolute Gasteiger partial charge is 0.125 e. The summed E-state index contributed by atoms with van der Waals surface area (Å²) in [5, 5.41) is 3.02. The Balaban J connectivity index is 2.42. The summed E-state index contributed by atoms with van der Waals surface area (Å²) in [5.74, 6) is -0.349. The van der Waals surface area contributed by atoms with Crippen LogP contribution in [0.1, 0.15) is 18.7 Å². The molecule has 2 N–H and O–H groups in total. The molecule has 0 aliphatic rings. The van der Waals surface area contributed by atoms with E-state index in [0.717, 1.165) is 16.3 Å². The van der Waals surface area contributed by atoms with Gasteiger partial charge in [-0.3, -0.25) is 0 Å². The van der Waals surface area contributed by atoms with E-state index < -0.39 is 0 Å². The first-order chi connectivity index (χ1) is 7.58. The quantitative estimate of drug-likeness (QED) is 0.891. The van der Waals surface area contributed by atoms with Crippen molar-refractivity contribution < 1.29 is 4.39 Å². The standard InChI is InChI=1S/C11H10ClFN2S/c1-6(14)10-5-16-11(15-10)8-3-2-7(13)4-9(8)12/h2-6H,14H2,1H3. The molecule has 1 aromatic heterocycles. The number of hydrogen-bond acceptors (Lipinski definition) is 3. The van der Waals surface area contributed by atoms with Crippen molar-refractivity contribution in [3.63, 3.8) is 0 Å². The van der Waals surface area contributed by atoms with Gasteiger partial charge in [-0.1, -0.05) is 11.6 Å². The summed E-state index contributed by atoms with van der Waals surface area (Å²) in [4.78, 5) is 4.36. The van der Waals surface area contributed by atoms with Gasteiger partial charge in [-0.05, 0) is 25.1 Å². The summed E-state index contributed by atoms with van der Waals surface area (Å²) in [6.07, 6.45) is 0. The van der Waals surface area contributed by atoms with Crippen molar-refractivity contribution in [3.8, 4) is 10.6 Å². The number of rotatable bonds is 2. The summed E-state index contributed by atoms with van der Waals surface area (Å²) < 4.78 is 12.9. The van der Waals surface area contributed by atoms with Gasteiger partial charge in [0.25, 0.3) is 0 Å². The SMILES string of the molecule is CC(N)c1csc(-c2ccc(F)cc2Cl)n1. The third-order valence-electron chi connectivity index (χ3n) is 2.15. The summed E-state index contributed by atoms with van der Waals surface area (Å²) in [5.41, 5.74) is 7.27. The number of benzene rings is 1. The second-order valence-electron chi connectivity index (χ2n) is 3.49. The summed E-state index contributed by atoms with van der Waals surface area (Å²) in [6.45, 7) is 1.87. The van der Waals surface area contributed by atoms with Gasteiger partial charge < -0.3 is 5.73 Å². The monoisotopic (exact) mass is 256 g/mol. The molecular weight excluding hydrogens is 247 g/mol. The van der Waals surface area contributed by atoms with Crippen molar-refractivity contribution in [1.29, 1.82) is 0 Å². The van der Waals surface area contributed by atoms with Crippen LogP contribution in [-0.2, 0) is 0 Å². The highest BCUT2D eigenvalue weighted by Gasteiger charge is 2.11. The minimum atomic E-state index is -0.349. The first-order valence-electron chi connectivity index (χ1n) is 4.74. The molecule has 1 unspecified atom stereocenters. The van der Waals surface area contributed by atoms with Crippen LogP contribution in [0.2, 0.25) is 5.02 Å². The van der Waals surface area contributed by atoms with Crippen LogP contribution >= 0.6 is 22.9 Å². The Bertz CT molecular complexity index is 510. The Hall–Kier alpha value is -0.970. The van der Waals surface area contributed by atoms with Crippen LogP contribution in [0.3, 0.4) is 0 Å². The van der Waals surface area contributed by atoms with Crippen molar-refractivity contribution in [1.82, 2.24) is 4.98 Å². The molecule has 0 aliphatic heterocycles. The first-order valence-corrected chi connectivity index (χ1v) is 6.00. The molecule has 0 saturated heterocycles. The average molecular weight is 257 g/mol. The highest BCUT2D eigenvalue weighted by Crippen LogP contribution is 2.31. The largest absolute Gasteiger partial charge is 0.323 e. The maximum absolute atomic E-state index is 12.9. The normalized spacial score (nSPS) is 12.8. The van der Waals surface area contributed by atoms with Gasteiger partial charge in [-0.15, -0.1) is 11.3 Å². The number of thiazole rings is 1. The predicted octanol–water partition coefficient (Wildman–Crippen LogP) is 3.62. The van der Waals surface area contributed by atoms with Gasteiger partial charge in [-0.2, -0.15) is 0 Å². The van der Waals surface area contributed by atoms with Crippen molar-refractivity contribution in [2.24, 2.45) is 5.73 Å². The highest BCUT2D eigenvalue weighted by molar-refractivity contribution is 7.13. The minimum absolute atomic E-state index is 0.107. The molecule has 0 aliphatic carbocycles. The summed E-state index contributed by atoms with van der Waals surface area (Å²) >= 11 is 7.40. The molecule has 1 aromatic carbocycles. The Labute approximate surface area is 102 Å². The molecule has 2 rings (SSSR count). The van der Waals surface area contributed by atoms with Crippen LogP contribution in [0.5, 0.6) is 0 Å². The number of aromatic nitrogens is 1. The molecule has 0 radical (unpaired) electrons. The molecule has 0 bridgehead atoms. The molecular formula is C11H10ClFN2S. The van der Waals surface area contributed by atoms with Gasteiger partial charge in [0.15, 0.2) is 0 Å². The third-order valence-corrected chi connectivity index (χ3v) is 3.36. The lowest BCUT2D eigenvalue weighted by atomic mass is 10.2. The summed E-state index contributed by atoms with van der Waals surface area (Å²) in [7, 11) is 0. The molecule has 2 aromatic rings. The molecule has 0 amide bonds. The molecule has 2 nitrogen and oxygen atoms in total. The number of hydrogen-bond donors (Lipinski definition) is 1. The topological polar surface area (TPSA) is 38.9 Å². The van der Waals surface area contributed by atoms with Gasteiger partial charge >= 0.3 is 0 Å². The first kappa shape index (κ1) is 11.5. The van der Waals surface area contributed by atoms with Crippen LogP contribution in [0.15, 0.2) is 23.6 Å². The molecule has 84 valence electrons. The minimum Gasteiger partial charge on any atom is -0.323 e. The van der Waals surface area contributed by atoms with E-state index in [0.29, 0.717) is 5.02 Å². The Morgan fingerprint density at radius 1 is 1.50 bits per heavy atom. The average Bonchev–Trinajstić information content (AvgIpc) is 2.66. The lowest BCUT2D eigenvalue weighted by Gasteiger charge is -2.01. The molecule has 1 heterocycles. The third kappa shape index (κ3) is 2.24. The van der Waals surface area contributed by atoms with Gasteiger partial charge in [0, 0.05) is 17.0 Å². The van der Waals surface area contributed by atoms with Gasteiger partial charge in [-0.25, -0.2) is 9.37 Å². The van der Waals surface area contributed by atoms with Crippen molar-refractivity contribution >= 4 is 22.9 Å². The van der Waals surface area contributed by atoms with Crippen LogP contribution in [0.4, 0.5) is 4.39 Å². The lowest BCUT2D eigenvalue weighted by Crippen LogP contribution is -2.04. The van der Waals surface area contributed by atoms with E-state index in [4.69, 9.17) is 17.3 Å². The number of nitrogens with two attached hydrogens (primary N) is 1. The molecule has 0 fully saturated rings. The van der Waals surface area contributed by atoms with Crippen molar-refractivity contribution in [2.45, 2.75) is 13.0 Å². The van der Waals surface area contributed by atoms with Crippen molar-refractivity contribution in [2.75, 3.05) is 0 Å². The molecule has 16 heavy (non-hydrogen) atoms. The van der Waals surface area contributed by atoms with Crippen LogP contribution in [0, 0.1) is 5.82 Å². The molecule has 1 atom stereocenters. The predicted molar refractivity (Wildman–Crippen MR) is 65.1 cm³/mol. The Morgan fingerprint density at radius 2 is 2.25 bits per heavy atom. The molecule has 0 spiro atoms. The van der Waals surface area contributed by atoms with E-state index in [1.165, 1.54) is 23.5 Å². The second kappa shape index (κ2) is 4.49. The summed E-state index contributed by atoms with van der Waals surface area (Å²) in [6, 6.07) is 4.17. The maximum Gasteiger partial charge on any atom is 0.125 e. The molecule has 5 heteroatoms. The van der Waals surface area contributed by atoms with Gasteiger partial charge in [0.05, 0.1) is 10.7 Å². The van der Waals surface area contributed by atoms with E-state index in [1.807, 2.05) is 12.3 Å². The fourth-order valence-electron chi connectivity index (χ4n) is 1.28. The number of nitrogens with zero attached hydrogens (tertiary/aromatic N) is 1. The molecule has 0 saturated carbocycles. The fraction of sp³-hybridized carbons (Fsp3) is 0.182. The van der Waals surface area contributed by atoms with E-state index >= 15 is 0 Å². The highest BCUT2D eigenvalue weighted by atomic mass is 35.5. The van der Waals surface area contributed by atoms with Crippen LogP contribution in [0.25, 0.3) is 10.6 Å². The zero-order valence-corrected chi connectivity index (χ0v) is 10.1. The zero-order valence-electron chi connectivity index (χ0n) is 8.58. The van der Waals surface area contributed by atoms with E-state index in [2.05, 4.69) is 4.98 Å². The van der Waals surface area contributed by atoms with E-state index in [-0.39, 0.29) is 11.9 Å². The van der Waals surface area contributed by atoms with Crippen LogP contribution in [-0.4, -0.2) is 4.98 Å². The van der Waals surface area contributed by atoms with E-state index in [1.54, 1.807) is 6.07 Å². The van der Waals surface area contributed by atoms with Gasteiger partial charge in [0.1, 0.15) is 10.8 Å². The Morgan fingerprint density at radius 3 is 2.81 bits per heavy atom. The number of halogens is 2. The second-order valence-corrected chi connectivity index (χ2v) is 4.76. The fourth-order valence-corrected chi connectivity index (χ4v) is 2.56. The van der Waals surface area contributed by atoms with Crippen molar-refractivity contribution in [3.05, 3.63) is 40.1 Å². The maximum atomic E-state index is 12.9. The van der Waals surface area contributed by atoms with Gasteiger partial charge in [0.2, 0.25) is 0 Å². The van der Waals surface area contributed by atoms with Crippen LogP contribution < -0.4 is 5.73 Å². The Kier molecular flexibility index (Phi) is 3.23.